The molecule has 0 bridgehead atoms. The minimum atomic E-state index is -0.508. The zero-order chi connectivity index (χ0) is 24.6. The molecule has 0 N–H and O–H groups in total. The van der Waals surface area contributed by atoms with E-state index in [1.165, 1.54) is 12.1 Å². The summed E-state index contributed by atoms with van der Waals surface area (Å²) in [5, 5.41) is 11.0. The summed E-state index contributed by atoms with van der Waals surface area (Å²) in [5.74, 6) is 0.524. The van der Waals surface area contributed by atoms with Gasteiger partial charge in [-0.05, 0) is 74.5 Å². The highest BCUT2D eigenvalue weighted by atomic mass is 16.7. The second-order valence-corrected chi connectivity index (χ2v) is 11.7. The Hall–Kier alpha value is -2.29. The van der Waals surface area contributed by atoms with E-state index in [9.17, 15) is 14.9 Å². The van der Waals surface area contributed by atoms with Gasteiger partial charge in [-0.15, -0.1) is 0 Å². The number of rotatable bonds is 3. The van der Waals surface area contributed by atoms with Crippen molar-refractivity contribution in [3.63, 3.8) is 0 Å². The minimum Gasteiger partial charge on any atom is -0.458 e. The van der Waals surface area contributed by atoms with Gasteiger partial charge < -0.3 is 18.9 Å². The first-order valence-electron chi connectivity index (χ1n) is 12.7. The predicted molar refractivity (Wildman–Crippen MR) is 125 cm³/mol. The summed E-state index contributed by atoms with van der Waals surface area (Å²) in [7, 11) is 0. The van der Waals surface area contributed by atoms with Crippen LogP contribution in [0, 0.1) is 32.8 Å². The molecule has 5 aliphatic rings. The Kier molecular flexibility index (Phi) is 5.19. The normalized spacial score (nSPS) is 44.6. The number of nitro benzene ring substituents is 1. The lowest BCUT2D eigenvalue weighted by atomic mass is 9.44. The summed E-state index contributed by atoms with van der Waals surface area (Å²) in [6.07, 6.45) is 6.03. The molecule has 0 amide bonds. The van der Waals surface area contributed by atoms with Crippen LogP contribution in [0.15, 0.2) is 35.9 Å². The van der Waals surface area contributed by atoms with Crippen LogP contribution in [0.3, 0.4) is 0 Å². The molecule has 0 radical (unpaired) electrons. The summed E-state index contributed by atoms with van der Waals surface area (Å²) in [5.41, 5.74) is 1.24. The molecule has 8 nitrogen and oxygen atoms in total. The number of nitrogens with zero attached hydrogens (tertiary/aromatic N) is 1. The van der Waals surface area contributed by atoms with Crippen LogP contribution in [-0.4, -0.2) is 41.9 Å². The van der Waals surface area contributed by atoms with Crippen molar-refractivity contribution >= 4 is 11.7 Å². The number of benzene rings is 1. The topological polar surface area (TPSA) is 97.1 Å². The first kappa shape index (κ1) is 23.1. The van der Waals surface area contributed by atoms with Gasteiger partial charge >= 0.3 is 5.97 Å². The van der Waals surface area contributed by atoms with E-state index in [0.717, 1.165) is 37.7 Å². The molecule has 8 unspecified atom stereocenters. The molecule has 1 aromatic rings. The fourth-order valence-electron chi connectivity index (χ4n) is 8.17. The molecule has 188 valence electrons. The molecule has 1 aromatic carbocycles. The second kappa shape index (κ2) is 7.85. The number of carbonyl (C=O) groups excluding carboxylic acids is 1. The Morgan fingerprint density at radius 2 is 1.80 bits per heavy atom. The molecule has 2 saturated heterocycles. The van der Waals surface area contributed by atoms with E-state index in [4.69, 9.17) is 18.9 Å². The molecule has 3 aliphatic heterocycles. The van der Waals surface area contributed by atoms with Gasteiger partial charge in [-0.1, -0.05) is 13.8 Å². The number of carbonyl (C=O) groups is 1. The number of cyclic esters (lactones) is 1. The average Bonchev–Trinajstić information content (AvgIpc) is 3.42. The summed E-state index contributed by atoms with van der Waals surface area (Å²) >= 11 is 0. The van der Waals surface area contributed by atoms with Crippen molar-refractivity contribution in [1.29, 1.82) is 0 Å². The summed E-state index contributed by atoms with van der Waals surface area (Å²) in [4.78, 5) is 22.8. The van der Waals surface area contributed by atoms with Gasteiger partial charge in [0.15, 0.2) is 6.29 Å². The number of fused-ring (bicyclic) bond motifs is 5. The van der Waals surface area contributed by atoms with Crippen LogP contribution in [0.25, 0.3) is 0 Å². The average molecular weight is 484 g/mol. The molecule has 8 heteroatoms. The molecule has 35 heavy (non-hydrogen) atoms. The van der Waals surface area contributed by atoms with E-state index in [1.54, 1.807) is 12.1 Å². The fraction of sp³-hybridized carbons (Fsp3) is 0.667. The van der Waals surface area contributed by atoms with Gasteiger partial charge in [-0.25, -0.2) is 4.79 Å². The highest BCUT2D eigenvalue weighted by Gasteiger charge is 2.66. The molecule has 4 fully saturated rings. The van der Waals surface area contributed by atoms with E-state index < -0.39 is 11.2 Å². The van der Waals surface area contributed by atoms with Gasteiger partial charge in [0.1, 0.15) is 6.61 Å². The van der Waals surface area contributed by atoms with E-state index in [0.29, 0.717) is 30.6 Å². The maximum absolute atomic E-state index is 12.2. The van der Waals surface area contributed by atoms with E-state index in [-0.39, 0.29) is 40.3 Å². The number of ether oxygens (including phenoxy) is 4. The predicted octanol–water partition coefficient (Wildman–Crippen LogP) is 4.87. The fourth-order valence-corrected chi connectivity index (χ4v) is 8.17. The molecule has 8 atom stereocenters. The first-order valence-corrected chi connectivity index (χ1v) is 12.7. The van der Waals surface area contributed by atoms with Gasteiger partial charge in [-0.3, -0.25) is 10.1 Å². The van der Waals surface area contributed by atoms with E-state index in [1.807, 2.05) is 6.08 Å². The minimum absolute atomic E-state index is 0.0585. The molecule has 2 aliphatic carbocycles. The van der Waals surface area contributed by atoms with Crippen molar-refractivity contribution in [3.8, 4) is 0 Å². The van der Waals surface area contributed by atoms with Crippen molar-refractivity contribution in [3.05, 3.63) is 51.6 Å². The van der Waals surface area contributed by atoms with Crippen molar-refractivity contribution in [1.82, 2.24) is 0 Å². The highest BCUT2D eigenvalue weighted by Crippen LogP contribution is 2.67. The molecular formula is C27H33NO7. The SMILES string of the molecule is CC12CCC3C4(C)COC(c5ccc([N+](=O)[O-])cc5)OC4CCC3(C)C1CC(C1=CCOC1=O)O2. The standard InChI is InChI=1S/C27H33NO7/c1-25-11-9-22-26(2,15-33-24(34-22)16-4-6-17(7-5-16)28(30)31)20(25)8-12-27(3)21(25)14-19(35-27)18-10-13-32-23(18)29/h4-7,10,19-22,24H,8-9,11-15H2,1-3H3. The Morgan fingerprint density at radius 1 is 1.03 bits per heavy atom. The van der Waals surface area contributed by atoms with Gasteiger partial charge in [0.25, 0.3) is 5.69 Å². The van der Waals surface area contributed by atoms with Crippen LogP contribution in [0.4, 0.5) is 5.69 Å². The van der Waals surface area contributed by atoms with Crippen LogP contribution in [0.2, 0.25) is 0 Å². The smallest absolute Gasteiger partial charge is 0.336 e. The molecule has 0 aromatic heterocycles. The Labute approximate surface area is 205 Å². The van der Waals surface area contributed by atoms with E-state index in [2.05, 4.69) is 20.8 Å². The van der Waals surface area contributed by atoms with Crippen molar-refractivity contribution < 1.29 is 28.7 Å². The largest absolute Gasteiger partial charge is 0.458 e. The Balaban J connectivity index is 1.23. The molecule has 0 spiro atoms. The van der Waals surface area contributed by atoms with Crippen LogP contribution >= 0.6 is 0 Å². The van der Waals surface area contributed by atoms with Crippen LogP contribution in [0.1, 0.15) is 64.7 Å². The zero-order valence-electron chi connectivity index (χ0n) is 20.5. The lowest BCUT2D eigenvalue weighted by Gasteiger charge is -2.64. The maximum atomic E-state index is 12.2. The third-order valence-corrected chi connectivity index (χ3v) is 9.91. The number of non-ortho nitro benzene ring substituents is 1. The third kappa shape index (κ3) is 3.40. The number of nitro groups is 1. The van der Waals surface area contributed by atoms with E-state index >= 15 is 0 Å². The quantitative estimate of drug-likeness (QED) is 0.344. The number of hydrogen-bond donors (Lipinski definition) is 0. The monoisotopic (exact) mass is 483 g/mol. The Morgan fingerprint density at radius 3 is 2.49 bits per heavy atom. The van der Waals surface area contributed by atoms with Gasteiger partial charge in [0, 0.05) is 23.1 Å². The van der Waals surface area contributed by atoms with Gasteiger partial charge in [0.2, 0.25) is 0 Å². The summed E-state index contributed by atoms with van der Waals surface area (Å²) in [6, 6.07) is 6.45. The van der Waals surface area contributed by atoms with Gasteiger partial charge in [-0.2, -0.15) is 0 Å². The lowest BCUT2D eigenvalue weighted by Crippen LogP contribution is -2.63. The summed E-state index contributed by atoms with van der Waals surface area (Å²) in [6.45, 7) is 7.88. The number of esters is 1. The lowest BCUT2D eigenvalue weighted by molar-refractivity contribution is -0.384. The van der Waals surface area contributed by atoms with Crippen LogP contribution < -0.4 is 0 Å². The van der Waals surface area contributed by atoms with Crippen molar-refractivity contribution in [2.45, 2.75) is 77.0 Å². The summed E-state index contributed by atoms with van der Waals surface area (Å²) < 4.78 is 24.6. The van der Waals surface area contributed by atoms with Crippen LogP contribution in [-0.2, 0) is 23.7 Å². The molecular weight excluding hydrogens is 450 g/mol. The van der Waals surface area contributed by atoms with Crippen LogP contribution in [0.5, 0.6) is 0 Å². The molecule has 3 heterocycles. The second-order valence-electron chi connectivity index (χ2n) is 11.7. The highest BCUT2D eigenvalue weighted by molar-refractivity contribution is 5.91. The molecule has 6 rings (SSSR count). The molecule has 2 saturated carbocycles. The van der Waals surface area contributed by atoms with Crippen molar-refractivity contribution in [2.24, 2.45) is 22.7 Å². The van der Waals surface area contributed by atoms with Crippen molar-refractivity contribution in [2.75, 3.05) is 13.2 Å². The number of hydrogen-bond acceptors (Lipinski definition) is 7. The first-order chi connectivity index (χ1) is 16.6. The Bertz CT molecular complexity index is 1090. The van der Waals surface area contributed by atoms with Gasteiger partial charge in [0.05, 0.1) is 34.9 Å². The zero-order valence-corrected chi connectivity index (χ0v) is 20.5. The maximum Gasteiger partial charge on any atom is 0.336 e. The third-order valence-electron chi connectivity index (χ3n) is 9.91.